The third-order valence-electron chi connectivity index (χ3n) is 2.55. The number of halogens is 1. The van der Waals surface area contributed by atoms with Gasteiger partial charge in [0, 0.05) is 17.5 Å². The molecule has 0 radical (unpaired) electrons. The van der Waals surface area contributed by atoms with Crippen LogP contribution in [0.15, 0.2) is 15.9 Å². The summed E-state index contributed by atoms with van der Waals surface area (Å²) in [5.41, 5.74) is 0. The van der Waals surface area contributed by atoms with Crippen molar-refractivity contribution in [2.75, 3.05) is 6.61 Å². The molecule has 0 saturated heterocycles. The number of aliphatic hydroxyl groups is 1. The van der Waals surface area contributed by atoms with Crippen molar-refractivity contribution in [1.29, 1.82) is 0 Å². The summed E-state index contributed by atoms with van der Waals surface area (Å²) in [6, 6.07) is 3.95. The van der Waals surface area contributed by atoms with Gasteiger partial charge in [-0.3, -0.25) is 4.79 Å². The van der Waals surface area contributed by atoms with Crippen molar-refractivity contribution in [2.45, 2.75) is 32.7 Å². The molecule has 17 heavy (non-hydrogen) atoms. The van der Waals surface area contributed by atoms with Crippen LogP contribution in [-0.4, -0.2) is 23.7 Å². The minimum absolute atomic E-state index is 0.0199. The number of rotatable bonds is 6. The van der Waals surface area contributed by atoms with Crippen molar-refractivity contribution in [2.24, 2.45) is 5.92 Å². The lowest BCUT2D eigenvalue weighted by Crippen LogP contribution is -2.39. The van der Waals surface area contributed by atoms with Crippen LogP contribution >= 0.6 is 27.3 Å². The first kappa shape index (κ1) is 14.7. The first-order valence-electron chi connectivity index (χ1n) is 5.67. The molecule has 0 aliphatic rings. The third kappa shape index (κ3) is 5.19. The maximum atomic E-state index is 11.8. The Morgan fingerprint density at radius 1 is 1.53 bits per heavy atom. The van der Waals surface area contributed by atoms with Gasteiger partial charge in [-0.05, 0) is 40.4 Å². The van der Waals surface area contributed by atoms with Gasteiger partial charge in [0.25, 0.3) is 0 Å². The van der Waals surface area contributed by atoms with E-state index in [-0.39, 0.29) is 18.6 Å². The number of carbonyl (C=O) groups excluding carboxylic acids is 1. The molecule has 0 aliphatic carbocycles. The molecule has 1 atom stereocenters. The van der Waals surface area contributed by atoms with E-state index >= 15 is 0 Å². The number of nitrogens with one attached hydrogen (secondary N) is 1. The molecule has 1 amide bonds. The van der Waals surface area contributed by atoms with Crippen LogP contribution in [0.5, 0.6) is 0 Å². The standard InChI is InChI=1S/C12H18BrNO2S/c1-8(2)10(5-6-15)14-12(16)7-9-3-4-11(13)17-9/h3-4,8,10,15H,5-7H2,1-2H3,(H,14,16). The Bertz CT molecular complexity index is 365. The highest BCUT2D eigenvalue weighted by Gasteiger charge is 2.16. The van der Waals surface area contributed by atoms with Gasteiger partial charge < -0.3 is 10.4 Å². The Hall–Kier alpha value is -0.390. The molecule has 0 saturated carbocycles. The van der Waals surface area contributed by atoms with Crippen LogP contribution in [0.4, 0.5) is 0 Å². The minimum Gasteiger partial charge on any atom is -0.396 e. The normalized spacial score (nSPS) is 12.8. The molecule has 2 N–H and O–H groups in total. The van der Waals surface area contributed by atoms with Crippen molar-refractivity contribution in [1.82, 2.24) is 5.32 Å². The summed E-state index contributed by atoms with van der Waals surface area (Å²) < 4.78 is 1.04. The molecule has 0 fully saturated rings. The van der Waals surface area contributed by atoms with E-state index in [1.54, 1.807) is 11.3 Å². The number of amides is 1. The van der Waals surface area contributed by atoms with Crippen molar-refractivity contribution in [3.63, 3.8) is 0 Å². The van der Waals surface area contributed by atoms with Crippen LogP contribution < -0.4 is 5.32 Å². The van der Waals surface area contributed by atoms with Crippen molar-refractivity contribution in [3.8, 4) is 0 Å². The Labute approximate surface area is 114 Å². The third-order valence-corrected chi connectivity index (χ3v) is 4.18. The van der Waals surface area contributed by atoms with E-state index in [1.165, 1.54) is 0 Å². The molecule has 96 valence electrons. The molecule has 1 heterocycles. The highest BCUT2D eigenvalue weighted by Crippen LogP contribution is 2.22. The maximum Gasteiger partial charge on any atom is 0.225 e. The second-order valence-electron chi connectivity index (χ2n) is 4.31. The number of hydrogen-bond donors (Lipinski definition) is 2. The summed E-state index contributed by atoms with van der Waals surface area (Å²) in [4.78, 5) is 12.9. The average molecular weight is 320 g/mol. The first-order valence-corrected chi connectivity index (χ1v) is 7.28. The number of carbonyl (C=O) groups is 1. The predicted molar refractivity (Wildman–Crippen MR) is 74.2 cm³/mol. The lowest BCUT2D eigenvalue weighted by Gasteiger charge is -2.21. The van der Waals surface area contributed by atoms with E-state index in [1.807, 2.05) is 26.0 Å². The van der Waals surface area contributed by atoms with E-state index < -0.39 is 0 Å². The Balaban J connectivity index is 2.47. The molecule has 5 heteroatoms. The first-order chi connectivity index (χ1) is 8.02. The van der Waals surface area contributed by atoms with Crippen LogP contribution in [0, 0.1) is 5.92 Å². The number of thiophene rings is 1. The Kier molecular flexibility index (Phi) is 6.16. The van der Waals surface area contributed by atoms with Crippen molar-refractivity contribution in [3.05, 3.63) is 20.8 Å². The van der Waals surface area contributed by atoms with Gasteiger partial charge in [-0.25, -0.2) is 0 Å². The Morgan fingerprint density at radius 2 is 2.24 bits per heavy atom. The quantitative estimate of drug-likeness (QED) is 0.846. The van der Waals surface area contributed by atoms with Crippen LogP contribution in [0.2, 0.25) is 0 Å². The fourth-order valence-electron chi connectivity index (χ4n) is 1.57. The molecule has 3 nitrogen and oxygen atoms in total. The lowest BCUT2D eigenvalue weighted by molar-refractivity contribution is -0.121. The zero-order valence-corrected chi connectivity index (χ0v) is 12.5. The maximum absolute atomic E-state index is 11.8. The summed E-state index contributed by atoms with van der Waals surface area (Å²) in [5.74, 6) is 0.354. The van der Waals surface area contributed by atoms with Crippen LogP contribution in [0.3, 0.4) is 0 Å². The fraction of sp³-hybridized carbons (Fsp3) is 0.583. The molecular formula is C12H18BrNO2S. The van der Waals surface area contributed by atoms with E-state index in [2.05, 4.69) is 21.2 Å². The molecular weight excluding hydrogens is 302 g/mol. The smallest absolute Gasteiger partial charge is 0.225 e. The lowest BCUT2D eigenvalue weighted by atomic mass is 10.0. The van der Waals surface area contributed by atoms with Crippen LogP contribution in [0.1, 0.15) is 25.1 Å². The van der Waals surface area contributed by atoms with Gasteiger partial charge in [0.05, 0.1) is 10.2 Å². The molecule has 0 spiro atoms. The zero-order chi connectivity index (χ0) is 12.8. The highest BCUT2D eigenvalue weighted by atomic mass is 79.9. The largest absolute Gasteiger partial charge is 0.396 e. The van der Waals surface area contributed by atoms with Crippen molar-refractivity contribution >= 4 is 33.2 Å². The summed E-state index contributed by atoms with van der Waals surface area (Å²) in [6.07, 6.45) is 1.02. The molecule has 0 bridgehead atoms. The van der Waals surface area contributed by atoms with Gasteiger partial charge in [0.2, 0.25) is 5.91 Å². The van der Waals surface area contributed by atoms with E-state index in [9.17, 15) is 4.79 Å². The SMILES string of the molecule is CC(C)C(CCO)NC(=O)Cc1ccc(Br)s1. The molecule has 1 unspecified atom stereocenters. The predicted octanol–water partition coefficient (Wildman–Crippen LogP) is 2.58. The molecule has 0 aromatic carbocycles. The number of aliphatic hydroxyl groups excluding tert-OH is 1. The van der Waals surface area contributed by atoms with Crippen LogP contribution in [-0.2, 0) is 11.2 Å². The monoisotopic (exact) mass is 319 g/mol. The minimum atomic E-state index is 0.0199. The highest BCUT2D eigenvalue weighted by molar-refractivity contribution is 9.11. The van der Waals surface area contributed by atoms with Gasteiger partial charge >= 0.3 is 0 Å². The topological polar surface area (TPSA) is 49.3 Å². The van der Waals surface area contributed by atoms with Gasteiger partial charge in [0.15, 0.2) is 0 Å². The van der Waals surface area contributed by atoms with Gasteiger partial charge in [-0.15, -0.1) is 11.3 Å². The van der Waals surface area contributed by atoms with Crippen molar-refractivity contribution < 1.29 is 9.90 Å². The summed E-state index contributed by atoms with van der Waals surface area (Å²) in [6.45, 7) is 4.19. The summed E-state index contributed by atoms with van der Waals surface area (Å²) in [7, 11) is 0. The van der Waals surface area contributed by atoms with Crippen LogP contribution in [0.25, 0.3) is 0 Å². The second kappa shape index (κ2) is 7.13. The second-order valence-corrected chi connectivity index (χ2v) is 6.86. The molecule has 1 rings (SSSR count). The average Bonchev–Trinajstić information content (AvgIpc) is 2.63. The van der Waals surface area contributed by atoms with Gasteiger partial charge in [-0.1, -0.05) is 13.8 Å². The molecule has 0 aliphatic heterocycles. The number of hydrogen-bond acceptors (Lipinski definition) is 3. The van der Waals surface area contributed by atoms with Gasteiger partial charge in [-0.2, -0.15) is 0 Å². The fourth-order valence-corrected chi connectivity index (χ4v) is 3.06. The zero-order valence-electron chi connectivity index (χ0n) is 10.1. The molecule has 1 aromatic rings. The van der Waals surface area contributed by atoms with E-state index in [0.29, 0.717) is 18.8 Å². The van der Waals surface area contributed by atoms with Gasteiger partial charge in [0.1, 0.15) is 0 Å². The summed E-state index contributed by atoms with van der Waals surface area (Å²) in [5, 5.41) is 11.9. The van der Waals surface area contributed by atoms with E-state index in [0.717, 1.165) is 8.66 Å². The molecule has 1 aromatic heterocycles. The Morgan fingerprint density at radius 3 is 2.71 bits per heavy atom. The van der Waals surface area contributed by atoms with E-state index in [4.69, 9.17) is 5.11 Å². The summed E-state index contributed by atoms with van der Waals surface area (Å²) >= 11 is 4.95.